The fraction of sp³-hybridized carbons (Fsp3) is 0.179. The van der Waals surface area contributed by atoms with Crippen LogP contribution >= 0.6 is 0 Å². The van der Waals surface area contributed by atoms with E-state index in [1.807, 2.05) is 62.4 Å². The number of ether oxygens (including phenoxy) is 4. The summed E-state index contributed by atoms with van der Waals surface area (Å²) in [5.74, 6) is -2.76. The third-order valence-corrected chi connectivity index (χ3v) is 8.06. The molecule has 4 aromatic carbocycles. The second-order valence-electron chi connectivity index (χ2n) is 11.2. The molecule has 2 N–H and O–H groups in total. The number of hydrogen-bond acceptors (Lipinski definition) is 8. The van der Waals surface area contributed by atoms with Crippen molar-refractivity contribution in [1.29, 1.82) is 0 Å². The van der Waals surface area contributed by atoms with Crippen molar-refractivity contribution in [1.82, 2.24) is 0 Å². The number of aryl methyl sites for hydroxylation is 2. The average Bonchev–Trinajstić information content (AvgIpc) is 3.39. The molecule has 0 amide bonds. The summed E-state index contributed by atoms with van der Waals surface area (Å²) < 4.78 is 21.9. The highest BCUT2D eigenvalue weighted by atomic mass is 16.6. The first-order valence-corrected chi connectivity index (χ1v) is 15.4. The zero-order valence-corrected chi connectivity index (χ0v) is 26.9. The van der Waals surface area contributed by atoms with Crippen LogP contribution in [0, 0.1) is 13.8 Å². The van der Waals surface area contributed by atoms with Crippen molar-refractivity contribution in [2.45, 2.75) is 19.3 Å². The highest BCUT2D eigenvalue weighted by Gasteiger charge is 2.46. The summed E-state index contributed by atoms with van der Waals surface area (Å²) in [5, 5.41) is 17.3. The van der Waals surface area contributed by atoms with Crippen molar-refractivity contribution in [3.8, 4) is 22.6 Å². The van der Waals surface area contributed by atoms with E-state index in [9.17, 15) is 19.2 Å². The third-order valence-electron chi connectivity index (χ3n) is 8.06. The SMILES string of the molecule is Cc1cc(C2(c3ccc(OCCOC(=O)C=CC(=O)O)c(C)c3)c3ccccc3-c3ccccc32)ccc1OCCOC(=O)C=CC(=O)O. The lowest BCUT2D eigenvalue weighted by Gasteiger charge is -2.34. The van der Waals surface area contributed by atoms with Crippen LogP contribution in [0.15, 0.2) is 109 Å². The lowest BCUT2D eigenvalue weighted by atomic mass is 9.67. The van der Waals surface area contributed by atoms with Gasteiger partial charge in [0.15, 0.2) is 0 Å². The minimum atomic E-state index is -1.24. The minimum Gasteiger partial charge on any atom is -0.490 e. The van der Waals surface area contributed by atoms with Crippen LogP contribution in [0.4, 0.5) is 0 Å². The van der Waals surface area contributed by atoms with Crippen LogP contribution in [0.5, 0.6) is 11.5 Å². The fourth-order valence-electron chi connectivity index (χ4n) is 6.08. The maximum absolute atomic E-state index is 11.7. The van der Waals surface area contributed by atoms with Gasteiger partial charge < -0.3 is 29.2 Å². The molecule has 1 aliphatic rings. The van der Waals surface area contributed by atoms with Crippen molar-refractivity contribution in [3.63, 3.8) is 0 Å². The van der Waals surface area contributed by atoms with Crippen molar-refractivity contribution in [3.05, 3.63) is 143 Å². The summed E-state index contributed by atoms with van der Waals surface area (Å²) in [6.07, 6.45) is 3.13. The first-order chi connectivity index (χ1) is 23.6. The van der Waals surface area contributed by atoms with E-state index in [2.05, 4.69) is 36.4 Å². The van der Waals surface area contributed by atoms with Crippen molar-refractivity contribution < 1.29 is 48.3 Å². The van der Waals surface area contributed by atoms with E-state index in [-0.39, 0.29) is 26.4 Å². The molecule has 10 heteroatoms. The molecular formula is C39H34O10. The van der Waals surface area contributed by atoms with Gasteiger partial charge in [-0.2, -0.15) is 0 Å². The van der Waals surface area contributed by atoms with Gasteiger partial charge in [-0.1, -0.05) is 72.8 Å². The smallest absolute Gasteiger partial charge is 0.331 e. The molecule has 250 valence electrons. The van der Waals surface area contributed by atoms with Crippen LogP contribution in [-0.4, -0.2) is 60.5 Å². The Hall–Kier alpha value is -6.16. The average molecular weight is 663 g/mol. The Morgan fingerprint density at radius 1 is 0.571 bits per heavy atom. The zero-order valence-electron chi connectivity index (χ0n) is 26.9. The van der Waals surface area contributed by atoms with Crippen molar-refractivity contribution in [2.75, 3.05) is 26.4 Å². The summed E-state index contributed by atoms with van der Waals surface area (Å²) >= 11 is 0. The summed E-state index contributed by atoms with van der Waals surface area (Å²) in [6.45, 7) is 3.98. The Morgan fingerprint density at radius 2 is 0.980 bits per heavy atom. The van der Waals surface area contributed by atoms with Gasteiger partial charge in [-0.15, -0.1) is 0 Å². The second kappa shape index (κ2) is 15.2. The number of rotatable bonds is 14. The zero-order chi connectivity index (χ0) is 35.0. The lowest BCUT2D eigenvalue weighted by Crippen LogP contribution is -2.29. The molecule has 1 aliphatic carbocycles. The van der Waals surface area contributed by atoms with Crippen LogP contribution in [-0.2, 0) is 34.1 Å². The Balaban J connectivity index is 1.44. The number of aliphatic carboxylic acids is 2. The molecule has 5 rings (SSSR count). The number of carbonyl (C=O) groups excluding carboxylic acids is 2. The number of fused-ring (bicyclic) bond motifs is 3. The lowest BCUT2D eigenvalue weighted by molar-refractivity contribution is -0.139. The monoisotopic (exact) mass is 662 g/mol. The molecule has 0 radical (unpaired) electrons. The molecule has 0 fully saturated rings. The van der Waals surface area contributed by atoms with Gasteiger partial charge >= 0.3 is 23.9 Å². The summed E-state index contributed by atoms with van der Waals surface area (Å²) in [6, 6.07) is 28.8. The van der Waals surface area contributed by atoms with Crippen LogP contribution in [0.25, 0.3) is 11.1 Å². The van der Waals surface area contributed by atoms with Gasteiger partial charge in [0.25, 0.3) is 0 Å². The first-order valence-electron chi connectivity index (χ1n) is 15.4. The molecule has 0 atom stereocenters. The number of carboxylic acid groups (broad SMARTS) is 2. The molecule has 4 aromatic rings. The van der Waals surface area contributed by atoms with Gasteiger partial charge in [-0.05, 0) is 70.5 Å². The molecule has 0 saturated heterocycles. The predicted octanol–water partition coefficient (Wildman–Crippen LogP) is 5.79. The van der Waals surface area contributed by atoms with Crippen LogP contribution < -0.4 is 9.47 Å². The summed E-state index contributed by atoms with van der Waals surface area (Å²) in [4.78, 5) is 44.6. The van der Waals surface area contributed by atoms with Gasteiger partial charge in [-0.3, -0.25) is 0 Å². The quantitative estimate of drug-likeness (QED) is 0.0851. The molecule has 0 saturated carbocycles. The van der Waals surface area contributed by atoms with E-state index in [1.54, 1.807) is 0 Å². The van der Waals surface area contributed by atoms with E-state index in [4.69, 9.17) is 29.2 Å². The number of carbonyl (C=O) groups is 4. The van der Waals surface area contributed by atoms with Gasteiger partial charge in [0.2, 0.25) is 0 Å². The van der Waals surface area contributed by atoms with Crippen molar-refractivity contribution in [2.24, 2.45) is 0 Å². The van der Waals surface area contributed by atoms with Gasteiger partial charge in [0.1, 0.15) is 37.9 Å². The number of benzene rings is 4. The summed E-state index contributed by atoms with van der Waals surface area (Å²) in [7, 11) is 0. The Morgan fingerprint density at radius 3 is 1.37 bits per heavy atom. The topological polar surface area (TPSA) is 146 Å². The van der Waals surface area contributed by atoms with Gasteiger partial charge in [0, 0.05) is 24.3 Å². The molecule has 49 heavy (non-hydrogen) atoms. The minimum absolute atomic E-state index is 0.0490. The molecule has 0 bridgehead atoms. The van der Waals surface area contributed by atoms with Crippen LogP contribution in [0.3, 0.4) is 0 Å². The molecule has 0 heterocycles. The molecule has 0 aromatic heterocycles. The normalized spacial score (nSPS) is 12.7. The fourth-order valence-corrected chi connectivity index (χ4v) is 6.08. The standard InChI is InChI=1S/C39H34O10/c1-25-23-27(11-13-33(25)46-19-21-48-37(44)17-15-35(40)41)39(31-9-5-3-7-29(31)30-8-4-6-10-32(30)39)28-12-14-34(26(2)24-28)47-20-22-49-38(45)18-16-36(42)43/h3-18,23-24H,19-22H2,1-2H3,(H,40,41)(H,42,43). The van der Waals surface area contributed by atoms with Gasteiger partial charge in [0.05, 0.1) is 5.41 Å². The highest BCUT2D eigenvalue weighted by Crippen LogP contribution is 2.56. The van der Waals surface area contributed by atoms with E-state index >= 15 is 0 Å². The summed E-state index contributed by atoms with van der Waals surface area (Å²) in [5.41, 5.74) is 7.63. The van der Waals surface area contributed by atoms with Crippen LogP contribution in [0.2, 0.25) is 0 Å². The third kappa shape index (κ3) is 7.54. The number of esters is 2. The Labute approximate surface area is 282 Å². The Kier molecular flexibility index (Phi) is 10.6. The van der Waals surface area contributed by atoms with Crippen molar-refractivity contribution >= 4 is 23.9 Å². The molecule has 10 nitrogen and oxygen atoms in total. The van der Waals surface area contributed by atoms with E-state index in [0.717, 1.165) is 68.8 Å². The number of carboxylic acids is 2. The molecule has 0 aliphatic heterocycles. The first kappa shape index (κ1) is 34.2. The van der Waals surface area contributed by atoms with E-state index in [1.165, 1.54) is 0 Å². The van der Waals surface area contributed by atoms with E-state index < -0.39 is 29.3 Å². The molecular weight excluding hydrogens is 628 g/mol. The predicted molar refractivity (Wildman–Crippen MR) is 180 cm³/mol. The van der Waals surface area contributed by atoms with Crippen LogP contribution in [0.1, 0.15) is 33.4 Å². The largest absolute Gasteiger partial charge is 0.490 e. The maximum atomic E-state index is 11.7. The molecule has 0 unspecified atom stereocenters. The number of hydrogen-bond donors (Lipinski definition) is 2. The van der Waals surface area contributed by atoms with E-state index in [0.29, 0.717) is 11.5 Å². The maximum Gasteiger partial charge on any atom is 0.331 e. The highest BCUT2D eigenvalue weighted by molar-refractivity contribution is 5.91. The Bertz CT molecular complexity index is 1810. The van der Waals surface area contributed by atoms with Gasteiger partial charge in [-0.25, -0.2) is 19.2 Å². The molecule has 0 spiro atoms. The second-order valence-corrected chi connectivity index (χ2v) is 11.2.